The lowest BCUT2D eigenvalue weighted by molar-refractivity contribution is 0.594. The van der Waals surface area contributed by atoms with Gasteiger partial charge in [0.25, 0.3) is 0 Å². The molecule has 1 aliphatic heterocycles. The van der Waals surface area contributed by atoms with E-state index >= 15 is 0 Å². The smallest absolute Gasteiger partial charge is 0.191 e. The number of hydrogen-bond acceptors (Lipinski definition) is 4. The first-order chi connectivity index (χ1) is 12.4. The average molecular weight is 361 g/mol. The van der Waals surface area contributed by atoms with Crippen LogP contribution in [0.5, 0.6) is 0 Å². The molecule has 3 rings (SSSR count). The second-order valence-corrected chi connectivity index (χ2v) is 7.13. The summed E-state index contributed by atoms with van der Waals surface area (Å²) in [4.78, 5) is 4.64. The van der Waals surface area contributed by atoms with E-state index in [1.165, 1.54) is 30.7 Å². The van der Waals surface area contributed by atoms with Crippen molar-refractivity contribution in [1.82, 2.24) is 25.4 Å². The molecule has 0 aromatic carbocycles. The van der Waals surface area contributed by atoms with Gasteiger partial charge in [-0.15, -0.1) is 10.2 Å². The molecule has 0 spiro atoms. The fourth-order valence-electron chi connectivity index (χ4n) is 3.08. The Morgan fingerprint density at radius 2 is 2.24 bits per heavy atom. The topological polar surface area (TPSA) is 67.1 Å². The highest BCUT2D eigenvalue weighted by atomic mass is 32.1. The molecule has 2 N–H and O–H groups in total. The van der Waals surface area contributed by atoms with Crippen molar-refractivity contribution in [3.05, 3.63) is 34.0 Å². The van der Waals surface area contributed by atoms with Gasteiger partial charge >= 0.3 is 0 Å². The van der Waals surface area contributed by atoms with Crippen molar-refractivity contribution in [1.29, 1.82) is 0 Å². The average Bonchev–Trinajstić information content (AvgIpc) is 3.21. The molecule has 6 nitrogen and oxygen atoms in total. The van der Waals surface area contributed by atoms with Crippen LogP contribution in [0.15, 0.2) is 21.8 Å². The van der Waals surface area contributed by atoms with Gasteiger partial charge in [0, 0.05) is 32.5 Å². The summed E-state index contributed by atoms with van der Waals surface area (Å²) < 4.78 is 2.34. The van der Waals surface area contributed by atoms with Crippen molar-refractivity contribution in [2.24, 2.45) is 4.99 Å². The van der Waals surface area contributed by atoms with Crippen molar-refractivity contribution in [3.8, 4) is 0 Å². The minimum atomic E-state index is 0.719. The zero-order chi connectivity index (χ0) is 17.3. The first-order valence-electron chi connectivity index (χ1n) is 9.31. The van der Waals surface area contributed by atoms with E-state index < -0.39 is 0 Å². The predicted molar refractivity (Wildman–Crippen MR) is 103 cm³/mol. The molecule has 7 heteroatoms. The summed E-state index contributed by atoms with van der Waals surface area (Å²) in [6.07, 6.45) is 6.86. The third kappa shape index (κ3) is 5.29. The summed E-state index contributed by atoms with van der Waals surface area (Å²) in [7, 11) is 0. The van der Waals surface area contributed by atoms with Gasteiger partial charge in [-0.25, -0.2) is 4.99 Å². The summed E-state index contributed by atoms with van der Waals surface area (Å²) in [5.74, 6) is 3.19. The summed E-state index contributed by atoms with van der Waals surface area (Å²) in [5.41, 5.74) is 1.26. The van der Waals surface area contributed by atoms with Crippen LogP contribution in [-0.4, -0.2) is 33.8 Å². The largest absolute Gasteiger partial charge is 0.357 e. The normalized spacial score (nSPS) is 14.8. The Hall–Kier alpha value is -1.89. The molecule has 3 heterocycles. The molecule has 0 saturated carbocycles. The molecular weight excluding hydrogens is 332 g/mol. The molecule has 0 unspecified atom stereocenters. The Balaban J connectivity index is 1.46. The molecule has 0 bridgehead atoms. The minimum Gasteiger partial charge on any atom is -0.357 e. The van der Waals surface area contributed by atoms with E-state index in [1.54, 1.807) is 11.3 Å². The van der Waals surface area contributed by atoms with Crippen LogP contribution in [0.2, 0.25) is 0 Å². The van der Waals surface area contributed by atoms with Gasteiger partial charge in [0.2, 0.25) is 0 Å². The van der Waals surface area contributed by atoms with E-state index in [-0.39, 0.29) is 0 Å². The minimum absolute atomic E-state index is 0.719. The summed E-state index contributed by atoms with van der Waals surface area (Å²) in [6, 6.07) is 2.12. The van der Waals surface area contributed by atoms with Crippen molar-refractivity contribution in [3.63, 3.8) is 0 Å². The summed E-state index contributed by atoms with van der Waals surface area (Å²) in [6.45, 7) is 5.64. The monoisotopic (exact) mass is 360 g/mol. The van der Waals surface area contributed by atoms with Gasteiger partial charge in [0.05, 0.1) is 6.54 Å². The van der Waals surface area contributed by atoms with Crippen molar-refractivity contribution in [2.45, 2.75) is 58.5 Å². The van der Waals surface area contributed by atoms with Gasteiger partial charge in [-0.3, -0.25) is 0 Å². The van der Waals surface area contributed by atoms with Crippen LogP contribution in [-0.2, 0) is 25.9 Å². The van der Waals surface area contributed by atoms with Crippen molar-refractivity contribution >= 4 is 17.3 Å². The SMILES string of the molecule is CCNC(=NCc1ccsc1)NCCCc1nnc2n1CCCCC2. The highest BCUT2D eigenvalue weighted by molar-refractivity contribution is 7.07. The van der Waals surface area contributed by atoms with E-state index in [0.717, 1.165) is 57.2 Å². The lowest BCUT2D eigenvalue weighted by atomic mass is 10.2. The first kappa shape index (κ1) is 17.9. The molecule has 0 radical (unpaired) electrons. The number of fused-ring (bicyclic) bond motifs is 1. The maximum Gasteiger partial charge on any atom is 0.191 e. The molecular formula is C18H28N6S. The van der Waals surface area contributed by atoms with E-state index in [0.29, 0.717) is 0 Å². The highest BCUT2D eigenvalue weighted by Gasteiger charge is 2.14. The Morgan fingerprint density at radius 1 is 1.28 bits per heavy atom. The van der Waals surface area contributed by atoms with E-state index in [9.17, 15) is 0 Å². The van der Waals surface area contributed by atoms with E-state index in [1.807, 2.05) is 0 Å². The Labute approximate surface area is 153 Å². The van der Waals surface area contributed by atoms with Gasteiger partial charge in [0.1, 0.15) is 11.6 Å². The number of hydrogen-bond donors (Lipinski definition) is 2. The fraction of sp³-hybridized carbons (Fsp3) is 0.611. The van der Waals surface area contributed by atoms with E-state index in [4.69, 9.17) is 0 Å². The van der Waals surface area contributed by atoms with Gasteiger partial charge in [-0.05, 0) is 48.6 Å². The van der Waals surface area contributed by atoms with Crippen molar-refractivity contribution < 1.29 is 0 Å². The fourth-order valence-corrected chi connectivity index (χ4v) is 3.74. The molecule has 0 atom stereocenters. The molecule has 0 saturated heterocycles. The zero-order valence-corrected chi connectivity index (χ0v) is 15.8. The van der Waals surface area contributed by atoms with Crippen LogP contribution < -0.4 is 10.6 Å². The molecule has 25 heavy (non-hydrogen) atoms. The number of aliphatic imine (C=N–C) groups is 1. The van der Waals surface area contributed by atoms with Gasteiger partial charge in [-0.2, -0.15) is 11.3 Å². The number of aromatic nitrogens is 3. The number of rotatable bonds is 7. The van der Waals surface area contributed by atoms with Gasteiger partial charge in [0.15, 0.2) is 5.96 Å². The van der Waals surface area contributed by atoms with E-state index in [2.05, 4.69) is 54.1 Å². The number of aryl methyl sites for hydroxylation is 2. The van der Waals surface area contributed by atoms with Crippen LogP contribution in [0.25, 0.3) is 0 Å². The summed E-state index contributed by atoms with van der Waals surface area (Å²) in [5, 5.41) is 19.7. The highest BCUT2D eigenvalue weighted by Crippen LogP contribution is 2.15. The molecule has 1 aliphatic rings. The summed E-state index contributed by atoms with van der Waals surface area (Å²) >= 11 is 1.71. The van der Waals surface area contributed by atoms with Crippen LogP contribution >= 0.6 is 11.3 Å². The standard InChI is InChI=1S/C18H28N6S/c1-2-19-18(21-13-15-9-12-25-14-15)20-10-6-8-17-23-22-16-7-4-3-5-11-24(16)17/h9,12,14H,2-8,10-11,13H2,1H3,(H2,19,20,21). The number of nitrogens with zero attached hydrogens (tertiary/aromatic N) is 4. The van der Waals surface area contributed by atoms with Crippen molar-refractivity contribution in [2.75, 3.05) is 13.1 Å². The Kier molecular flexibility index (Phi) is 6.85. The third-order valence-electron chi connectivity index (χ3n) is 4.40. The maximum absolute atomic E-state index is 4.64. The van der Waals surface area contributed by atoms with Gasteiger partial charge in [-0.1, -0.05) is 6.42 Å². The molecule has 0 amide bonds. The lowest BCUT2D eigenvalue weighted by Crippen LogP contribution is -2.37. The van der Waals surface area contributed by atoms with Crippen LogP contribution in [0.1, 0.15) is 49.8 Å². The maximum atomic E-state index is 4.64. The zero-order valence-electron chi connectivity index (χ0n) is 15.0. The Morgan fingerprint density at radius 3 is 3.08 bits per heavy atom. The number of thiophene rings is 1. The molecule has 136 valence electrons. The molecule has 2 aromatic rings. The van der Waals surface area contributed by atoms with Crippen LogP contribution in [0.3, 0.4) is 0 Å². The Bertz CT molecular complexity index is 661. The first-order valence-corrected chi connectivity index (χ1v) is 10.3. The number of guanidine groups is 1. The molecule has 2 aromatic heterocycles. The van der Waals surface area contributed by atoms with Crippen LogP contribution in [0, 0.1) is 0 Å². The second kappa shape index (κ2) is 9.56. The molecule has 0 aliphatic carbocycles. The predicted octanol–water partition coefficient (Wildman–Crippen LogP) is 2.75. The van der Waals surface area contributed by atoms with Gasteiger partial charge < -0.3 is 15.2 Å². The lowest BCUT2D eigenvalue weighted by Gasteiger charge is -2.11. The molecule has 0 fully saturated rings. The number of nitrogens with one attached hydrogen (secondary N) is 2. The third-order valence-corrected chi connectivity index (χ3v) is 5.13. The second-order valence-electron chi connectivity index (χ2n) is 6.35. The van der Waals surface area contributed by atoms with Crippen LogP contribution in [0.4, 0.5) is 0 Å². The quantitative estimate of drug-likeness (QED) is 0.453.